The SMILES string of the molecule is CON(C)C(=O)C(OCC1CC1)c1ccc(-c2nnc(C)o2)cc1.Cc1nnc(-c2ccc(C(OCC3CC3)C(=O)O)cc2)o1. The number of rotatable bonds is 13. The minimum absolute atomic E-state index is 0.237. The molecule has 4 aromatic rings. The fraction of sp³-hybridized carbons (Fsp3) is 0.438. The number of ether oxygens (including phenoxy) is 2. The van der Waals surface area contributed by atoms with Gasteiger partial charge in [-0.05, 0) is 72.9 Å². The van der Waals surface area contributed by atoms with E-state index in [9.17, 15) is 14.7 Å². The van der Waals surface area contributed by atoms with E-state index in [1.165, 1.54) is 12.2 Å². The molecule has 13 heteroatoms. The summed E-state index contributed by atoms with van der Waals surface area (Å²) >= 11 is 0. The molecule has 2 atom stereocenters. The average Bonchev–Trinajstić information content (AvgIpc) is 3.97. The third-order valence-corrected chi connectivity index (χ3v) is 7.40. The van der Waals surface area contributed by atoms with Crippen LogP contribution in [-0.2, 0) is 23.9 Å². The molecular weight excluding hydrogens is 582 g/mol. The van der Waals surface area contributed by atoms with Crippen molar-refractivity contribution in [3.8, 4) is 22.9 Å². The van der Waals surface area contributed by atoms with E-state index < -0.39 is 18.2 Å². The van der Waals surface area contributed by atoms with Crippen molar-refractivity contribution in [3.05, 3.63) is 71.4 Å². The second-order valence-corrected chi connectivity index (χ2v) is 11.2. The summed E-state index contributed by atoms with van der Waals surface area (Å²) in [5.41, 5.74) is 2.94. The number of aromatic nitrogens is 4. The number of hydroxylamine groups is 2. The molecule has 0 aliphatic heterocycles. The third-order valence-electron chi connectivity index (χ3n) is 7.40. The third kappa shape index (κ3) is 8.81. The minimum atomic E-state index is -0.975. The van der Waals surface area contributed by atoms with Gasteiger partial charge >= 0.3 is 5.97 Å². The van der Waals surface area contributed by atoms with E-state index in [-0.39, 0.29) is 5.91 Å². The number of hydrogen-bond donors (Lipinski definition) is 1. The molecule has 1 N–H and O–H groups in total. The van der Waals surface area contributed by atoms with Crippen LogP contribution >= 0.6 is 0 Å². The molecule has 238 valence electrons. The van der Waals surface area contributed by atoms with Crippen molar-refractivity contribution >= 4 is 11.9 Å². The number of benzene rings is 2. The molecule has 2 saturated carbocycles. The summed E-state index contributed by atoms with van der Waals surface area (Å²) < 4.78 is 22.1. The Morgan fingerprint density at radius 3 is 1.56 bits per heavy atom. The Balaban J connectivity index is 0.000000179. The molecule has 13 nitrogen and oxygen atoms in total. The van der Waals surface area contributed by atoms with Crippen LogP contribution in [0.1, 0.15) is 60.8 Å². The number of aryl methyl sites for hydroxylation is 2. The number of carbonyl (C=O) groups excluding carboxylic acids is 1. The van der Waals surface area contributed by atoms with Crippen LogP contribution in [0.5, 0.6) is 0 Å². The van der Waals surface area contributed by atoms with Gasteiger partial charge in [-0.1, -0.05) is 24.3 Å². The Bertz CT molecular complexity index is 1560. The zero-order valence-electron chi connectivity index (χ0n) is 25.7. The number of carbonyl (C=O) groups is 2. The van der Waals surface area contributed by atoms with E-state index in [1.54, 1.807) is 45.2 Å². The number of nitrogens with zero attached hydrogens (tertiary/aromatic N) is 5. The fourth-order valence-electron chi connectivity index (χ4n) is 4.34. The molecule has 6 rings (SSSR count). The summed E-state index contributed by atoms with van der Waals surface area (Å²) in [6.45, 7) is 4.54. The zero-order valence-corrected chi connectivity index (χ0v) is 25.7. The molecule has 2 unspecified atom stereocenters. The molecule has 2 aliphatic carbocycles. The Labute approximate surface area is 260 Å². The number of aliphatic carboxylic acids is 1. The van der Waals surface area contributed by atoms with E-state index in [2.05, 4.69) is 20.4 Å². The van der Waals surface area contributed by atoms with E-state index in [4.69, 9.17) is 23.1 Å². The van der Waals surface area contributed by atoms with E-state index in [0.717, 1.165) is 42.4 Å². The maximum atomic E-state index is 12.5. The van der Waals surface area contributed by atoms with Crippen molar-refractivity contribution in [2.45, 2.75) is 51.7 Å². The highest BCUT2D eigenvalue weighted by Gasteiger charge is 2.30. The second-order valence-electron chi connectivity index (χ2n) is 11.2. The van der Waals surface area contributed by atoms with Crippen LogP contribution in [0.15, 0.2) is 57.4 Å². The highest BCUT2D eigenvalue weighted by Crippen LogP contribution is 2.33. The number of carboxylic acids is 1. The molecule has 0 spiro atoms. The largest absolute Gasteiger partial charge is 0.479 e. The van der Waals surface area contributed by atoms with E-state index >= 15 is 0 Å². The van der Waals surface area contributed by atoms with Gasteiger partial charge in [-0.2, -0.15) is 0 Å². The van der Waals surface area contributed by atoms with Crippen LogP contribution in [0.4, 0.5) is 0 Å². The molecule has 45 heavy (non-hydrogen) atoms. The topological polar surface area (TPSA) is 163 Å². The predicted molar refractivity (Wildman–Crippen MR) is 159 cm³/mol. The van der Waals surface area contributed by atoms with Gasteiger partial charge in [0.1, 0.15) is 0 Å². The highest BCUT2D eigenvalue weighted by atomic mass is 16.7. The van der Waals surface area contributed by atoms with Crippen LogP contribution < -0.4 is 0 Å². The number of hydrogen-bond acceptors (Lipinski definition) is 11. The smallest absolute Gasteiger partial charge is 0.337 e. The van der Waals surface area contributed by atoms with Gasteiger partial charge in [0.25, 0.3) is 5.91 Å². The summed E-state index contributed by atoms with van der Waals surface area (Å²) in [5.74, 6) is 1.75. The van der Waals surface area contributed by atoms with Gasteiger partial charge in [-0.15, -0.1) is 20.4 Å². The zero-order chi connectivity index (χ0) is 31.9. The van der Waals surface area contributed by atoms with Crippen LogP contribution in [0.25, 0.3) is 22.9 Å². The lowest BCUT2D eigenvalue weighted by Gasteiger charge is -2.22. The number of amides is 1. The summed E-state index contributed by atoms with van der Waals surface area (Å²) in [7, 11) is 3.03. The average molecular weight is 620 g/mol. The van der Waals surface area contributed by atoms with Gasteiger partial charge in [-0.25, -0.2) is 9.86 Å². The predicted octanol–water partition coefficient (Wildman–Crippen LogP) is 5.13. The van der Waals surface area contributed by atoms with Gasteiger partial charge in [0.2, 0.25) is 23.6 Å². The van der Waals surface area contributed by atoms with Crippen molar-refractivity contribution in [1.82, 2.24) is 25.5 Å². The molecule has 2 heterocycles. The van der Waals surface area contributed by atoms with Gasteiger partial charge in [-0.3, -0.25) is 9.63 Å². The molecular formula is C32H37N5O8. The van der Waals surface area contributed by atoms with Crippen molar-refractivity contribution in [1.29, 1.82) is 0 Å². The van der Waals surface area contributed by atoms with Gasteiger partial charge in [0.15, 0.2) is 12.2 Å². The van der Waals surface area contributed by atoms with Crippen molar-refractivity contribution < 1.29 is 37.8 Å². The molecule has 0 bridgehead atoms. The first-order valence-corrected chi connectivity index (χ1v) is 14.8. The number of carboxylic acid groups (broad SMARTS) is 1. The fourth-order valence-corrected chi connectivity index (χ4v) is 4.34. The Morgan fingerprint density at radius 1 is 0.778 bits per heavy atom. The van der Waals surface area contributed by atoms with Crippen LogP contribution in [-0.4, -0.2) is 69.8 Å². The lowest BCUT2D eigenvalue weighted by molar-refractivity contribution is -0.181. The standard InChI is InChI=1S/C17H21N3O4.C15H16N2O4/c1-11-18-19-16(24-11)14-8-6-13(7-9-14)15(17(21)20(2)22-3)23-10-12-4-5-12;1-9-16-17-14(21-9)12-6-4-11(5-7-12)13(15(18)19)20-8-10-2-3-10/h6-9,12,15H,4-5,10H2,1-3H3;4-7,10,13H,2-3,8H2,1H3,(H,18,19). The molecule has 2 aliphatic rings. The Morgan fingerprint density at radius 2 is 1.20 bits per heavy atom. The first-order chi connectivity index (χ1) is 21.7. The monoisotopic (exact) mass is 619 g/mol. The first-order valence-electron chi connectivity index (χ1n) is 14.8. The quantitative estimate of drug-likeness (QED) is 0.197. The summed E-state index contributed by atoms with van der Waals surface area (Å²) in [6.07, 6.45) is 2.97. The molecule has 1 amide bonds. The van der Waals surface area contributed by atoms with Crippen LogP contribution in [0.2, 0.25) is 0 Å². The normalized spacial score (nSPS) is 15.6. The summed E-state index contributed by atoms with van der Waals surface area (Å²) in [5, 5.41) is 26.0. The van der Waals surface area contributed by atoms with Crippen LogP contribution in [0, 0.1) is 25.7 Å². The van der Waals surface area contributed by atoms with Gasteiger partial charge < -0.3 is 23.4 Å². The molecule has 0 radical (unpaired) electrons. The Hall–Kier alpha value is -4.46. The highest BCUT2D eigenvalue weighted by molar-refractivity contribution is 5.81. The van der Waals surface area contributed by atoms with Crippen molar-refractivity contribution in [2.24, 2.45) is 11.8 Å². The molecule has 2 aromatic heterocycles. The summed E-state index contributed by atoms with van der Waals surface area (Å²) in [6, 6.07) is 14.3. The van der Waals surface area contributed by atoms with E-state index in [0.29, 0.717) is 54.2 Å². The maximum absolute atomic E-state index is 12.5. The maximum Gasteiger partial charge on any atom is 0.337 e. The minimum Gasteiger partial charge on any atom is -0.479 e. The van der Waals surface area contributed by atoms with Crippen molar-refractivity contribution in [2.75, 3.05) is 27.4 Å². The lowest BCUT2D eigenvalue weighted by Crippen LogP contribution is -2.32. The molecule has 0 saturated heterocycles. The Kier molecular flexibility index (Phi) is 10.3. The van der Waals surface area contributed by atoms with Gasteiger partial charge in [0.05, 0.1) is 20.3 Å². The summed E-state index contributed by atoms with van der Waals surface area (Å²) in [4.78, 5) is 28.8. The van der Waals surface area contributed by atoms with E-state index in [1.807, 2.05) is 24.3 Å². The molecule has 2 fully saturated rings. The second kappa shape index (κ2) is 14.5. The van der Waals surface area contributed by atoms with Crippen molar-refractivity contribution in [3.63, 3.8) is 0 Å². The van der Waals surface area contributed by atoms with Gasteiger partial charge in [0, 0.05) is 32.0 Å². The number of likely N-dealkylation sites (N-methyl/N-ethyl adjacent to an activating group) is 1. The first kappa shape index (κ1) is 31.9. The molecule has 2 aromatic carbocycles. The lowest BCUT2D eigenvalue weighted by atomic mass is 10.1. The van der Waals surface area contributed by atoms with Crippen LogP contribution in [0.3, 0.4) is 0 Å².